The van der Waals surface area contributed by atoms with Gasteiger partial charge in [-0.1, -0.05) is 12.1 Å². The number of carbonyl (C=O) groups is 1. The zero-order valence-electron chi connectivity index (χ0n) is 8.65. The molecule has 0 saturated heterocycles. The lowest BCUT2D eigenvalue weighted by Crippen LogP contribution is -2.00. The number of carbonyl (C=O) groups excluding carboxylic acids is 1. The van der Waals surface area contributed by atoms with Crippen LogP contribution < -0.4 is 0 Å². The SMILES string of the molecule is COC(=O)c1ccc(/C(C)=C/C#N)cc1. The van der Waals surface area contributed by atoms with Gasteiger partial charge in [-0.05, 0) is 30.2 Å². The molecule has 1 aromatic rings. The van der Waals surface area contributed by atoms with Crippen molar-refractivity contribution in [3.63, 3.8) is 0 Å². The molecule has 0 N–H and O–H groups in total. The van der Waals surface area contributed by atoms with Crippen LogP contribution in [0.3, 0.4) is 0 Å². The second-order valence-electron chi connectivity index (χ2n) is 3.03. The van der Waals surface area contributed by atoms with Crippen LogP contribution in [-0.4, -0.2) is 13.1 Å². The van der Waals surface area contributed by atoms with Crippen molar-refractivity contribution in [1.29, 1.82) is 5.26 Å². The van der Waals surface area contributed by atoms with Crippen LogP contribution in [0.15, 0.2) is 30.3 Å². The summed E-state index contributed by atoms with van der Waals surface area (Å²) in [5.74, 6) is -0.358. The Morgan fingerprint density at radius 3 is 2.33 bits per heavy atom. The van der Waals surface area contributed by atoms with Crippen LogP contribution in [0, 0.1) is 11.3 Å². The standard InChI is InChI=1S/C12H11NO2/c1-9(7-8-13)10-3-5-11(6-4-10)12(14)15-2/h3-7H,1-2H3/b9-7+. The minimum Gasteiger partial charge on any atom is -0.465 e. The maximum atomic E-state index is 11.1. The molecule has 0 aliphatic carbocycles. The molecule has 76 valence electrons. The fraction of sp³-hybridized carbons (Fsp3) is 0.167. The van der Waals surface area contributed by atoms with Crippen molar-refractivity contribution < 1.29 is 9.53 Å². The predicted molar refractivity (Wildman–Crippen MR) is 57.0 cm³/mol. The summed E-state index contributed by atoms with van der Waals surface area (Å²) in [7, 11) is 1.34. The zero-order chi connectivity index (χ0) is 11.3. The fourth-order valence-electron chi connectivity index (χ4n) is 1.17. The molecular formula is C12H11NO2. The monoisotopic (exact) mass is 201 g/mol. The van der Waals surface area contributed by atoms with Gasteiger partial charge in [-0.3, -0.25) is 0 Å². The van der Waals surface area contributed by atoms with Crippen LogP contribution in [0.5, 0.6) is 0 Å². The van der Waals surface area contributed by atoms with E-state index in [4.69, 9.17) is 5.26 Å². The van der Waals surface area contributed by atoms with E-state index in [0.29, 0.717) is 5.56 Å². The topological polar surface area (TPSA) is 50.1 Å². The van der Waals surface area contributed by atoms with Crippen LogP contribution in [0.4, 0.5) is 0 Å². The minimum atomic E-state index is -0.358. The molecular weight excluding hydrogens is 190 g/mol. The third-order valence-corrected chi connectivity index (χ3v) is 2.04. The maximum absolute atomic E-state index is 11.1. The van der Waals surface area contributed by atoms with Crippen molar-refractivity contribution in [1.82, 2.24) is 0 Å². The van der Waals surface area contributed by atoms with E-state index in [1.165, 1.54) is 13.2 Å². The summed E-state index contributed by atoms with van der Waals surface area (Å²) in [6, 6.07) is 8.89. The fourth-order valence-corrected chi connectivity index (χ4v) is 1.17. The van der Waals surface area contributed by atoms with E-state index in [9.17, 15) is 4.79 Å². The molecule has 0 heterocycles. The van der Waals surface area contributed by atoms with E-state index < -0.39 is 0 Å². The Kier molecular flexibility index (Phi) is 3.64. The smallest absolute Gasteiger partial charge is 0.337 e. The van der Waals surface area contributed by atoms with Crippen molar-refractivity contribution in [2.24, 2.45) is 0 Å². The number of hydrogen-bond acceptors (Lipinski definition) is 3. The number of hydrogen-bond donors (Lipinski definition) is 0. The van der Waals surface area contributed by atoms with E-state index in [-0.39, 0.29) is 5.97 Å². The van der Waals surface area contributed by atoms with E-state index in [1.807, 2.05) is 13.0 Å². The van der Waals surface area contributed by atoms with E-state index >= 15 is 0 Å². The largest absolute Gasteiger partial charge is 0.465 e. The van der Waals surface area contributed by atoms with Gasteiger partial charge in [0.25, 0.3) is 0 Å². The molecule has 1 rings (SSSR count). The summed E-state index contributed by atoms with van der Waals surface area (Å²) in [5.41, 5.74) is 2.30. The first kappa shape index (κ1) is 11.0. The summed E-state index contributed by atoms with van der Waals surface area (Å²) in [6.07, 6.45) is 1.47. The zero-order valence-corrected chi connectivity index (χ0v) is 8.65. The molecule has 3 heteroatoms. The van der Waals surface area contributed by atoms with Gasteiger partial charge in [-0.25, -0.2) is 4.79 Å². The summed E-state index contributed by atoms with van der Waals surface area (Å²) in [5, 5.41) is 8.48. The number of benzene rings is 1. The lowest BCUT2D eigenvalue weighted by molar-refractivity contribution is 0.0601. The first-order valence-electron chi connectivity index (χ1n) is 4.44. The molecule has 0 saturated carbocycles. The highest BCUT2D eigenvalue weighted by atomic mass is 16.5. The molecule has 0 amide bonds. The number of rotatable bonds is 2. The molecule has 0 fully saturated rings. The highest BCUT2D eigenvalue weighted by molar-refractivity contribution is 5.89. The third-order valence-electron chi connectivity index (χ3n) is 2.04. The van der Waals surface area contributed by atoms with Gasteiger partial charge in [0.1, 0.15) is 0 Å². The van der Waals surface area contributed by atoms with Gasteiger partial charge in [0.2, 0.25) is 0 Å². The number of ether oxygens (including phenoxy) is 1. The minimum absolute atomic E-state index is 0.358. The first-order valence-corrected chi connectivity index (χ1v) is 4.44. The van der Waals surface area contributed by atoms with E-state index in [0.717, 1.165) is 11.1 Å². The van der Waals surface area contributed by atoms with Gasteiger partial charge in [-0.15, -0.1) is 0 Å². The van der Waals surface area contributed by atoms with Gasteiger partial charge in [-0.2, -0.15) is 5.26 Å². The van der Waals surface area contributed by atoms with Crippen LogP contribution >= 0.6 is 0 Å². The lowest BCUT2D eigenvalue weighted by Gasteiger charge is -2.02. The Hall–Kier alpha value is -2.08. The van der Waals surface area contributed by atoms with Crippen molar-refractivity contribution in [2.45, 2.75) is 6.92 Å². The first-order chi connectivity index (χ1) is 7.19. The molecule has 1 aromatic carbocycles. The molecule has 0 atom stereocenters. The molecule has 0 unspecified atom stereocenters. The molecule has 0 spiro atoms. The number of methoxy groups -OCH3 is 1. The second kappa shape index (κ2) is 4.97. The van der Waals surface area contributed by atoms with Crippen molar-refractivity contribution in [2.75, 3.05) is 7.11 Å². The van der Waals surface area contributed by atoms with E-state index in [2.05, 4.69) is 4.74 Å². The molecule has 15 heavy (non-hydrogen) atoms. The Morgan fingerprint density at radius 2 is 1.87 bits per heavy atom. The van der Waals surface area contributed by atoms with Crippen LogP contribution in [0.1, 0.15) is 22.8 Å². The molecule has 3 nitrogen and oxygen atoms in total. The van der Waals surface area contributed by atoms with Crippen LogP contribution in [0.2, 0.25) is 0 Å². The highest BCUT2D eigenvalue weighted by Gasteiger charge is 2.04. The molecule has 0 aromatic heterocycles. The summed E-state index contributed by atoms with van der Waals surface area (Å²) >= 11 is 0. The third kappa shape index (κ3) is 2.68. The van der Waals surface area contributed by atoms with Crippen molar-refractivity contribution in [3.05, 3.63) is 41.5 Å². The normalized spacial score (nSPS) is 10.6. The molecule has 0 radical (unpaired) electrons. The van der Waals surface area contributed by atoms with Gasteiger partial charge >= 0.3 is 5.97 Å². The van der Waals surface area contributed by atoms with Crippen molar-refractivity contribution in [3.8, 4) is 6.07 Å². The summed E-state index contributed by atoms with van der Waals surface area (Å²) < 4.78 is 4.58. The maximum Gasteiger partial charge on any atom is 0.337 e. The number of nitrogens with zero attached hydrogens (tertiary/aromatic N) is 1. The Balaban J connectivity index is 2.96. The molecule has 0 bridgehead atoms. The highest BCUT2D eigenvalue weighted by Crippen LogP contribution is 2.14. The van der Waals surface area contributed by atoms with Gasteiger partial charge < -0.3 is 4.74 Å². The Morgan fingerprint density at radius 1 is 1.33 bits per heavy atom. The number of nitriles is 1. The average molecular weight is 201 g/mol. The molecule has 0 aliphatic rings. The van der Waals surface area contributed by atoms with Gasteiger partial charge in [0.05, 0.1) is 18.7 Å². The number of allylic oxidation sites excluding steroid dienone is 2. The number of esters is 1. The summed E-state index contributed by atoms with van der Waals surface area (Å²) in [6.45, 7) is 1.84. The second-order valence-corrected chi connectivity index (χ2v) is 3.03. The predicted octanol–water partition coefficient (Wildman–Crippen LogP) is 2.40. The Labute approximate surface area is 88.6 Å². The van der Waals surface area contributed by atoms with E-state index in [1.54, 1.807) is 24.3 Å². The van der Waals surface area contributed by atoms with Crippen LogP contribution in [0.25, 0.3) is 5.57 Å². The Bertz CT molecular complexity index is 424. The van der Waals surface area contributed by atoms with Crippen molar-refractivity contribution >= 4 is 11.5 Å². The quantitative estimate of drug-likeness (QED) is 0.545. The van der Waals surface area contributed by atoms with Crippen LogP contribution in [-0.2, 0) is 4.74 Å². The average Bonchev–Trinajstić information content (AvgIpc) is 2.28. The summed E-state index contributed by atoms with van der Waals surface area (Å²) in [4.78, 5) is 11.1. The van der Waals surface area contributed by atoms with Gasteiger partial charge in [0, 0.05) is 6.08 Å². The van der Waals surface area contributed by atoms with Gasteiger partial charge in [0.15, 0.2) is 0 Å². The molecule has 0 aliphatic heterocycles. The lowest BCUT2D eigenvalue weighted by atomic mass is 10.1.